The SMILES string of the molecule is CCc1ccc(NCN2C(=O)SC(=Cc3ccc(Cl)c(Cl)c3)C2=O)cc1. The van der Waals surface area contributed by atoms with Gasteiger partial charge in [-0.3, -0.25) is 14.5 Å². The molecule has 0 saturated carbocycles. The highest BCUT2D eigenvalue weighted by molar-refractivity contribution is 8.18. The van der Waals surface area contributed by atoms with Gasteiger partial charge in [-0.15, -0.1) is 0 Å². The van der Waals surface area contributed by atoms with E-state index in [0.29, 0.717) is 20.5 Å². The van der Waals surface area contributed by atoms with E-state index in [0.717, 1.165) is 23.9 Å². The Bertz CT molecular complexity index is 882. The fourth-order valence-corrected chi connectivity index (χ4v) is 3.56. The number of thioether (sulfide) groups is 1. The highest BCUT2D eigenvalue weighted by atomic mass is 35.5. The van der Waals surface area contributed by atoms with Crippen LogP contribution in [0.25, 0.3) is 6.08 Å². The van der Waals surface area contributed by atoms with Gasteiger partial charge in [0.1, 0.15) is 0 Å². The third-order valence-electron chi connectivity index (χ3n) is 3.92. The number of halogens is 2. The highest BCUT2D eigenvalue weighted by Gasteiger charge is 2.34. The van der Waals surface area contributed by atoms with Crippen LogP contribution < -0.4 is 5.32 Å². The largest absolute Gasteiger partial charge is 0.367 e. The molecule has 1 aliphatic rings. The topological polar surface area (TPSA) is 49.4 Å². The Balaban J connectivity index is 1.69. The van der Waals surface area contributed by atoms with Crippen molar-refractivity contribution in [1.82, 2.24) is 4.90 Å². The van der Waals surface area contributed by atoms with Crippen molar-refractivity contribution in [2.24, 2.45) is 0 Å². The molecule has 7 heteroatoms. The summed E-state index contributed by atoms with van der Waals surface area (Å²) >= 11 is 12.8. The second kappa shape index (κ2) is 8.16. The van der Waals surface area contributed by atoms with Crippen molar-refractivity contribution in [2.75, 3.05) is 12.0 Å². The Morgan fingerprint density at radius 3 is 2.46 bits per heavy atom. The summed E-state index contributed by atoms with van der Waals surface area (Å²) in [7, 11) is 0. The van der Waals surface area contributed by atoms with Crippen LogP contribution in [-0.2, 0) is 11.2 Å². The van der Waals surface area contributed by atoms with E-state index >= 15 is 0 Å². The number of imide groups is 1. The van der Waals surface area contributed by atoms with Crippen molar-refractivity contribution in [1.29, 1.82) is 0 Å². The van der Waals surface area contributed by atoms with Crippen LogP contribution in [0.3, 0.4) is 0 Å². The van der Waals surface area contributed by atoms with Crippen molar-refractivity contribution in [3.05, 3.63) is 68.5 Å². The van der Waals surface area contributed by atoms with Gasteiger partial charge >= 0.3 is 0 Å². The zero-order chi connectivity index (χ0) is 18.7. The Morgan fingerprint density at radius 1 is 1.08 bits per heavy atom. The Morgan fingerprint density at radius 2 is 1.81 bits per heavy atom. The van der Waals surface area contributed by atoms with Crippen molar-refractivity contribution in [2.45, 2.75) is 13.3 Å². The minimum Gasteiger partial charge on any atom is -0.367 e. The predicted octanol–water partition coefficient (Wildman–Crippen LogP) is 5.66. The maximum Gasteiger partial charge on any atom is 0.295 e. The van der Waals surface area contributed by atoms with Crippen LogP contribution in [0.1, 0.15) is 18.1 Å². The molecule has 1 heterocycles. The number of benzene rings is 2. The highest BCUT2D eigenvalue weighted by Crippen LogP contribution is 2.33. The van der Waals surface area contributed by atoms with Gasteiger partial charge in [-0.1, -0.05) is 48.3 Å². The van der Waals surface area contributed by atoms with E-state index in [4.69, 9.17) is 23.2 Å². The van der Waals surface area contributed by atoms with Crippen LogP contribution >= 0.6 is 35.0 Å². The number of amides is 2. The van der Waals surface area contributed by atoms with Gasteiger partial charge in [0, 0.05) is 5.69 Å². The van der Waals surface area contributed by atoms with Gasteiger partial charge in [0.05, 0.1) is 21.6 Å². The van der Waals surface area contributed by atoms with Crippen LogP contribution in [0.5, 0.6) is 0 Å². The molecule has 4 nitrogen and oxygen atoms in total. The molecule has 1 saturated heterocycles. The summed E-state index contributed by atoms with van der Waals surface area (Å²) in [6.07, 6.45) is 2.60. The smallest absolute Gasteiger partial charge is 0.295 e. The molecular formula is C19H16Cl2N2O2S. The number of hydrogen-bond donors (Lipinski definition) is 1. The number of aryl methyl sites for hydroxylation is 1. The molecule has 2 aromatic carbocycles. The van der Waals surface area contributed by atoms with Crippen molar-refractivity contribution in [3.63, 3.8) is 0 Å². The minimum atomic E-state index is -0.330. The first-order valence-corrected chi connectivity index (χ1v) is 9.58. The molecule has 0 bridgehead atoms. The van der Waals surface area contributed by atoms with Crippen LogP contribution in [0.4, 0.5) is 10.5 Å². The lowest BCUT2D eigenvalue weighted by molar-refractivity contribution is -0.122. The van der Waals surface area contributed by atoms with Crippen molar-refractivity contribution in [3.8, 4) is 0 Å². The van der Waals surface area contributed by atoms with Gasteiger partial charge in [0.2, 0.25) is 0 Å². The van der Waals surface area contributed by atoms with Crippen LogP contribution in [-0.4, -0.2) is 22.7 Å². The standard InChI is InChI=1S/C19H16Cl2N2O2S/c1-2-12-3-6-14(7-4-12)22-11-23-18(24)17(26-19(23)25)10-13-5-8-15(20)16(21)9-13/h3-10,22H,2,11H2,1H3. The molecule has 0 aliphatic carbocycles. The van der Waals surface area contributed by atoms with Gasteiger partial charge in [-0.05, 0) is 59.7 Å². The lowest BCUT2D eigenvalue weighted by Crippen LogP contribution is -2.33. The van der Waals surface area contributed by atoms with E-state index < -0.39 is 0 Å². The summed E-state index contributed by atoms with van der Waals surface area (Å²) in [5.41, 5.74) is 2.80. The van der Waals surface area contributed by atoms with E-state index in [2.05, 4.69) is 12.2 Å². The number of rotatable bonds is 5. The van der Waals surface area contributed by atoms with Crippen molar-refractivity contribution >= 4 is 57.9 Å². The number of anilines is 1. The molecule has 0 unspecified atom stereocenters. The lowest BCUT2D eigenvalue weighted by atomic mass is 10.1. The fraction of sp³-hybridized carbons (Fsp3) is 0.158. The van der Waals surface area contributed by atoms with E-state index in [1.165, 1.54) is 10.5 Å². The molecule has 2 aromatic rings. The first kappa shape index (κ1) is 18.8. The predicted molar refractivity (Wildman–Crippen MR) is 109 cm³/mol. The molecule has 2 amide bonds. The third-order valence-corrected chi connectivity index (χ3v) is 5.56. The molecule has 1 N–H and O–H groups in total. The number of nitrogens with one attached hydrogen (secondary N) is 1. The molecule has 0 spiro atoms. The van der Waals surface area contributed by atoms with Gasteiger partial charge in [0.25, 0.3) is 11.1 Å². The molecule has 3 rings (SSSR count). The number of hydrogen-bond acceptors (Lipinski definition) is 4. The van der Waals surface area contributed by atoms with E-state index in [-0.39, 0.29) is 17.8 Å². The lowest BCUT2D eigenvalue weighted by Gasteiger charge is -2.14. The summed E-state index contributed by atoms with van der Waals surface area (Å²) in [5.74, 6) is -0.330. The second-order valence-corrected chi connectivity index (χ2v) is 7.48. The Labute approximate surface area is 166 Å². The molecule has 0 aromatic heterocycles. The maximum atomic E-state index is 12.5. The first-order chi connectivity index (χ1) is 12.5. The van der Waals surface area contributed by atoms with E-state index in [9.17, 15) is 9.59 Å². The molecule has 0 atom stereocenters. The molecule has 0 radical (unpaired) electrons. The van der Waals surface area contributed by atoms with Gasteiger partial charge < -0.3 is 5.32 Å². The Hall–Kier alpha value is -1.95. The summed E-state index contributed by atoms with van der Waals surface area (Å²) in [6.45, 7) is 2.21. The molecule has 134 valence electrons. The van der Waals surface area contributed by atoms with Crippen LogP contribution in [0, 0.1) is 0 Å². The summed E-state index contributed by atoms with van der Waals surface area (Å²) in [5, 5.41) is 3.64. The first-order valence-electron chi connectivity index (χ1n) is 8.01. The second-order valence-electron chi connectivity index (χ2n) is 5.67. The zero-order valence-electron chi connectivity index (χ0n) is 14.0. The third kappa shape index (κ3) is 4.23. The van der Waals surface area contributed by atoms with Crippen molar-refractivity contribution < 1.29 is 9.59 Å². The molecular weight excluding hydrogens is 391 g/mol. The van der Waals surface area contributed by atoms with Crippen LogP contribution in [0.2, 0.25) is 10.0 Å². The van der Waals surface area contributed by atoms with Gasteiger partial charge in [0.15, 0.2) is 0 Å². The monoisotopic (exact) mass is 406 g/mol. The molecule has 26 heavy (non-hydrogen) atoms. The maximum absolute atomic E-state index is 12.5. The number of carbonyl (C=O) groups excluding carboxylic acids is 2. The molecule has 1 fully saturated rings. The Kier molecular flexibility index (Phi) is 5.91. The summed E-state index contributed by atoms with van der Waals surface area (Å²) < 4.78 is 0. The van der Waals surface area contributed by atoms with Gasteiger partial charge in [-0.2, -0.15) is 0 Å². The van der Waals surface area contributed by atoms with E-state index in [1.807, 2.05) is 24.3 Å². The quantitative estimate of drug-likeness (QED) is 0.650. The van der Waals surface area contributed by atoms with E-state index in [1.54, 1.807) is 24.3 Å². The number of nitrogens with zero attached hydrogens (tertiary/aromatic N) is 1. The zero-order valence-corrected chi connectivity index (χ0v) is 16.3. The molecule has 1 aliphatic heterocycles. The average molecular weight is 407 g/mol. The summed E-state index contributed by atoms with van der Waals surface area (Å²) in [4.78, 5) is 26.2. The summed E-state index contributed by atoms with van der Waals surface area (Å²) in [6, 6.07) is 13.0. The number of carbonyl (C=O) groups is 2. The van der Waals surface area contributed by atoms with Gasteiger partial charge in [-0.25, -0.2) is 0 Å². The van der Waals surface area contributed by atoms with Crippen LogP contribution in [0.15, 0.2) is 47.4 Å². The fourth-order valence-electron chi connectivity index (χ4n) is 2.42. The average Bonchev–Trinajstić information content (AvgIpc) is 2.90. The minimum absolute atomic E-state index is 0.120. The normalized spacial score (nSPS) is 15.8.